The molecule has 98 valence electrons. The van der Waals surface area contributed by atoms with Gasteiger partial charge < -0.3 is 10.3 Å². The Labute approximate surface area is 110 Å². The molecule has 0 aliphatic carbocycles. The summed E-state index contributed by atoms with van der Waals surface area (Å²) in [7, 11) is 0. The summed E-state index contributed by atoms with van der Waals surface area (Å²) in [4.78, 5) is 8.73. The fourth-order valence-electron chi connectivity index (χ4n) is 1.51. The number of rotatable bonds is 5. The van der Waals surface area contributed by atoms with Crippen LogP contribution < -0.4 is 5.73 Å². The van der Waals surface area contributed by atoms with Crippen molar-refractivity contribution in [2.75, 3.05) is 0 Å². The Balaban J connectivity index is 1.94. The fourth-order valence-corrected chi connectivity index (χ4v) is 2.28. The van der Waals surface area contributed by atoms with E-state index in [0.717, 1.165) is 17.1 Å². The maximum atomic E-state index is 5.92. The Kier molecular flexibility index (Phi) is 3.77. The monoisotopic (exact) mass is 266 g/mol. The average molecular weight is 266 g/mol. The number of thiazole rings is 1. The molecule has 0 aromatic carbocycles. The molecular weight excluding hydrogens is 248 g/mol. The maximum absolute atomic E-state index is 5.92. The van der Waals surface area contributed by atoms with E-state index in [1.165, 1.54) is 0 Å². The lowest BCUT2D eigenvalue weighted by Crippen LogP contribution is -2.32. The van der Waals surface area contributed by atoms with Gasteiger partial charge in [0.15, 0.2) is 5.82 Å². The highest BCUT2D eigenvalue weighted by Gasteiger charge is 2.14. The molecule has 18 heavy (non-hydrogen) atoms. The minimum absolute atomic E-state index is 0.207. The van der Waals surface area contributed by atoms with Crippen molar-refractivity contribution in [3.63, 3.8) is 0 Å². The predicted molar refractivity (Wildman–Crippen MR) is 70.5 cm³/mol. The summed E-state index contributed by atoms with van der Waals surface area (Å²) in [5.41, 5.74) is 6.74. The van der Waals surface area contributed by atoms with Gasteiger partial charge in [-0.3, -0.25) is 0 Å². The molecule has 2 aromatic heterocycles. The summed E-state index contributed by atoms with van der Waals surface area (Å²) in [5.74, 6) is 1.34. The van der Waals surface area contributed by atoms with E-state index in [9.17, 15) is 0 Å². The Morgan fingerprint density at radius 2 is 2.17 bits per heavy atom. The predicted octanol–water partition coefficient (Wildman–Crippen LogP) is 2.10. The number of aromatic nitrogens is 3. The van der Waals surface area contributed by atoms with Gasteiger partial charge in [0.1, 0.15) is 5.01 Å². The zero-order valence-electron chi connectivity index (χ0n) is 10.9. The van der Waals surface area contributed by atoms with E-state index in [-0.39, 0.29) is 5.54 Å². The smallest absolute Gasteiger partial charge is 0.226 e. The molecule has 2 heterocycles. The van der Waals surface area contributed by atoms with Crippen LogP contribution in [-0.2, 0) is 12.8 Å². The van der Waals surface area contributed by atoms with Crippen molar-refractivity contribution in [1.82, 2.24) is 15.1 Å². The van der Waals surface area contributed by atoms with Crippen LogP contribution >= 0.6 is 11.3 Å². The van der Waals surface area contributed by atoms with Crippen LogP contribution in [0.2, 0.25) is 0 Å². The molecule has 0 bridgehead atoms. The van der Waals surface area contributed by atoms with Crippen LogP contribution in [0.3, 0.4) is 0 Å². The van der Waals surface area contributed by atoms with Crippen LogP contribution in [0, 0.1) is 6.92 Å². The van der Waals surface area contributed by atoms with Crippen LogP contribution in [0.5, 0.6) is 0 Å². The first-order valence-corrected chi connectivity index (χ1v) is 6.82. The molecule has 0 saturated carbocycles. The van der Waals surface area contributed by atoms with E-state index in [4.69, 9.17) is 10.3 Å². The van der Waals surface area contributed by atoms with E-state index in [0.29, 0.717) is 24.6 Å². The van der Waals surface area contributed by atoms with Gasteiger partial charge in [-0.15, -0.1) is 11.3 Å². The second-order valence-corrected chi connectivity index (χ2v) is 6.09. The third-order valence-electron chi connectivity index (χ3n) is 2.47. The summed E-state index contributed by atoms with van der Waals surface area (Å²) in [6.07, 6.45) is 2.17. The van der Waals surface area contributed by atoms with E-state index in [2.05, 4.69) is 15.1 Å². The van der Waals surface area contributed by atoms with E-state index >= 15 is 0 Å². The van der Waals surface area contributed by atoms with Crippen LogP contribution in [0.15, 0.2) is 9.90 Å². The van der Waals surface area contributed by atoms with Crippen molar-refractivity contribution in [3.8, 4) is 0 Å². The minimum Gasteiger partial charge on any atom is -0.339 e. The molecule has 0 saturated heterocycles. The molecule has 0 fully saturated rings. The van der Waals surface area contributed by atoms with Gasteiger partial charge in [0.2, 0.25) is 5.89 Å². The van der Waals surface area contributed by atoms with Gasteiger partial charge in [-0.2, -0.15) is 4.98 Å². The first kappa shape index (κ1) is 13.2. The molecular formula is C12H18N4OS. The molecule has 2 N–H and O–H groups in total. The second-order valence-electron chi connectivity index (χ2n) is 5.15. The first-order valence-electron chi connectivity index (χ1n) is 5.94. The molecule has 0 amide bonds. The molecule has 0 unspecified atom stereocenters. The fraction of sp³-hybridized carbons (Fsp3) is 0.583. The lowest BCUT2D eigenvalue weighted by Gasteiger charge is -2.16. The molecule has 5 nitrogen and oxygen atoms in total. The van der Waals surface area contributed by atoms with Gasteiger partial charge in [-0.25, -0.2) is 4.98 Å². The summed E-state index contributed by atoms with van der Waals surface area (Å²) in [5, 5.41) is 7.00. The summed E-state index contributed by atoms with van der Waals surface area (Å²) < 4.78 is 5.20. The van der Waals surface area contributed by atoms with Gasteiger partial charge in [0.05, 0.1) is 6.42 Å². The minimum atomic E-state index is -0.207. The number of hydrogen-bond donors (Lipinski definition) is 1. The molecule has 0 radical (unpaired) electrons. The van der Waals surface area contributed by atoms with Gasteiger partial charge in [-0.05, 0) is 27.2 Å². The summed E-state index contributed by atoms with van der Waals surface area (Å²) in [6.45, 7) is 5.95. The van der Waals surface area contributed by atoms with E-state index in [1.807, 2.05) is 26.2 Å². The standard InChI is InChI=1S/C12H18N4OS/c1-8-7-18-11(14-8)6-9-15-10(17-16-9)4-5-12(2,3)13/h7H,4-6,13H2,1-3H3. The van der Waals surface area contributed by atoms with Gasteiger partial charge in [0.25, 0.3) is 0 Å². The van der Waals surface area contributed by atoms with Gasteiger partial charge in [0, 0.05) is 23.0 Å². The Morgan fingerprint density at radius 3 is 2.78 bits per heavy atom. The highest BCUT2D eigenvalue weighted by atomic mass is 32.1. The number of nitrogens with zero attached hydrogens (tertiary/aromatic N) is 3. The highest BCUT2D eigenvalue weighted by molar-refractivity contribution is 7.09. The van der Waals surface area contributed by atoms with Gasteiger partial charge >= 0.3 is 0 Å². The van der Waals surface area contributed by atoms with Crippen LogP contribution in [-0.4, -0.2) is 20.7 Å². The van der Waals surface area contributed by atoms with Gasteiger partial charge in [-0.1, -0.05) is 5.16 Å². The highest BCUT2D eigenvalue weighted by Crippen LogP contribution is 2.14. The molecule has 0 aliphatic rings. The largest absolute Gasteiger partial charge is 0.339 e. The molecule has 2 rings (SSSR count). The Bertz CT molecular complexity index is 512. The number of hydrogen-bond acceptors (Lipinski definition) is 6. The summed E-state index contributed by atoms with van der Waals surface area (Å²) in [6, 6.07) is 0. The molecule has 0 spiro atoms. The van der Waals surface area contributed by atoms with Crippen molar-refractivity contribution < 1.29 is 4.52 Å². The topological polar surface area (TPSA) is 77.8 Å². The van der Waals surface area contributed by atoms with Crippen molar-refractivity contribution in [2.45, 2.75) is 45.6 Å². The lowest BCUT2D eigenvalue weighted by molar-refractivity contribution is 0.355. The maximum Gasteiger partial charge on any atom is 0.226 e. The Hall–Kier alpha value is -1.27. The zero-order chi connectivity index (χ0) is 13.2. The van der Waals surface area contributed by atoms with Crippen LogP contribution in [0.4, 0.5) is 0 Å². The van der Waals surface area contributed by atoms with Crippen LogP contribution in [0.1, 0.15) is 42.7 Å². The zero-order valence-corrected chi connectivity index (χ0v) is 11.8. The SMILES string of the molecule is Cc1csc(Cc2noc(CCC(C)(C)N)n2)n1. The average Bonchev–Trinajstić information content (AvgIpc) is 2.85. The number of nitrogens with two attached hydrogens (primary N) is 1. The second kappa shape index (κ2) is 5.16. The quantitative estimate of drug-likeness (QED) is 0.896. The van der Waals surface area contributed by atoms with E-state index < -0.39 is 0 Å². The normalized spacial score (nSPS) is 12.0. The van der Waals surface area contributed by atoms with Crippen molar-refractivity contribution >= 4 is 11.3 Å². The first-order chi connectivity index (χ1) is 8.42. The molecule has 0 aliphatic heterocycles. The van der Waals surface area contributed by atoms with Crippen molar-refractivity contribution in [3.05, 3.63) is 27.8 Å². The molecule has 2 aromatic rings. The number of aryl methyl sites for hydroxylation is 2. The summed E-state index contributed by atoms with van der Waals surface area (Å²) >= 11 is 1.62. The van der Waals surface area contributed by atoms with Crippen LogP contribution in [0.25, 0.3) is 0 Å². The van der Waals surface area contributed by atoms with Crippen molar-refractivity contribution in [2.24, 2.45) is 5.73 Å². The third kappa shape index (κ3) is 3.89. The van der Waals surface area contributed by atoms with Crippen molar-refractivity contribution in [1.29, 1.82) is 0 Å². The molecule has 0 atom stereocenters. The Morgan fingerprint density at radius 1 is 1.39 bits per heavy atom. The third-order valence-corrected chi connectivity index (χ3v) is 3.44. The van der Waals surface area contributed by atoms with E-state index in [1.54, 1.807) is 11.3 Å². The molecule has 6 heteroatoms. The lowest BCUT2D eigenvalue weighted by atomic mass is 10.0.